The molecular formula is C10H6F6. The number of hydrogen-bond acceptors (Lipinski definition) is 0. The zero-order valence-corrected chi connectivity index (χ0v) is 7.78. The average molecular weight is 240 g/mol. The third kappa shape index (κ3) is 2.68. The number of halogens is 6. The van der Waals surface area contributed by atoms with Gasteiger partial charge in [-0.05, 0) is 18.6 Å². The lowest BCUT2D eigenvalue weighted by molar-refractivity contribution is -0.106. The fourth-order valence-electron chi connectivity index (χ4n) is 1.32. The predicted octanol–water partition coefficient (Wildman–Crippen LogP) is 3.78. The highest BCUT2D eigenvalue weighted by atomic mass is 19.4. The van der Waals surface area contributed by atoms with Crippen molar-refractivity contribution in [3.8, 4) is 0 Å². The van der Waals surface area contributed by atoms with Crippen LogP contribution in [0.4, 0.5) is 26.3 Å². The van der Waals surface area contributed by atoms with Crippen LogP contribution in [0.1, 0.15) is 6.42 Å². The first-order chi connectivity index (χ1) is 7.16. The lowest BCUT2D eigenvalue weighted by Crippen LogP contribution is -2.25. The van der Waals surface area contributed by atoms with E-state index in [4.69, 9.17) is 6.58 Å². The highest BCUT2D eigenvalue weighted by molar-refractivity contribution is 5.30. The molecule has 0 bridgehead atoms. The van der Waals surface area contributed by atoms with Gasteiger partial charge in [0.15, 0.2) is 0 Å². The van der Waals surface area contributed by atoms with E-state index in [1.165, 1.54) is 0 Å². The molecule has 0 saturated carbocycles. The third-order valence-electron chi connectivity index (χ3n) is 2.13. The first kappa shape index (κ1) is 12.9. The molecule has 0 aromatic rings. The van der Waals surface area contributed by atoms with Gasteiger partial charge in [0.25, 0.3) is 0 Å². The van der Waals surface area contributed by atoms with Crippen LogP contribution < -0.4 is 0 Å². The molecule has 2 radical (unpaired) electrons. The second kappa shape index (κ2) is 3.99. The summed E-state index contributed by atoms with van der Waals surface area (Å²) >= 11 is 0. The van der Waals surface area contributed by atoms with E-state index in [0.717, 1.165) is 0 Å². The zero-order chi connectivity index (χ0) is 12.6. The van der Waals surface area contributed by atoms with Crippen molar-refractivity contribution >= 4 is 0 Å². The minimum absolute atomic E-state index is 0.306. The largest absolute Gasteiger partial charge is 0.413 e. The lowest BCUT2D eigenvalue weighted by Gasteiger charge is -2.24. The average Bonchev–Trinajstić information content (AvgIpc) is 2.14. The number of alkyl halides is 6. The van der Waals surface area contributed by atoms with Gasteiger partial charge in [0.05, 0.1) is 0 Å². The van der Waals surface area contributed by atoms with E-state index in [0.29, 0.717) is 12.2 Å². The van der Waals surface area contributed by atoms with Gasteiger partial charge in [0.2, 0.25) is 0 Å². The summed E-state index contributed by atoms with van der Waals surface area (Å²) in [5, 5.41) is 0. The molecule has 1 rings (SSSR count). The molecule has 0 aromatic heterocycles. The Hall–Kier alpha value is -1.20. The first-order valence-corrected chi connectivity index (χ1v) is 4.18. The molecule has 16 heavy (non-hydrogen) atoms. The second-order valence-electron chi connectivity index (χ2n) is 3.22. The van der Waals surface area contributed by atoms with E-state index in [-0.39, 0.29) is 0 Å². The fraction of sp³-hybridized carbons (Fsp3) is 0.400. The molecule has 0 nitrogen and oxygen atoms in total. The van der Waals surface area contributed by atoms with Crippen LogP contribution in [0.25, 0.3) is 0 Å². The van der Waals surface area contributed by atoms with Gasteiger partial charge >= 0.3 is 12.4 Å². The molecule has 0 saturated heterocycles. The highest BCUT2D eigenvalue weighted by Gasteiger charge is 2.43. The van der Waals surface area contributed by atoms with Gasteiger partial charge in [-0.3, -0.25) is 0 Å². The Kier molecular flexibility index (Phi) is 3.21. The van der Waals surface area contributed by atoms with Crippen molar-refractivity contribution in [3.05, 3.63) is 36.0 Å². The fourth-order valence-corrected chi connectivity index (χ4v) is 1.32. The molecule has 0 spiro atoms. The topological polar surface area (TPSA) is 0 Å². The minimum Gasteiger partial charge on any atom is -0.166 e. The van der Waals surface area contributed by atoms with Crippen LogP contribution in [-0.4, -0.2) is 12.4 Å². The number of rotatable bonds is 1. The molecule has 88 valence electrons. The third-order valence-corrected chi connectivity index (χ3v) is 2.13. The van der Waals surface area contributed by atoms with Crippen LogP contribution in [0.3, 0.4) is 0 Å². The molecular weight excluding hydrogens is 234 g/mol. The van der Waals surface area contributed by atoms with E-state index in [1.54, 1.807) is 6.08 Å². The standard InChI is InChI=1S/C10H6F6/c1-2-6-5-7(9(11,12)13)3-4-8(6)10(14,15)16/h1-2,4,6H,5H2. The normalized spacial score (nSPS) is 22.5. The monoisotopic (exact) mass is 240 g/mol. The summed E-state index contributed by atoms with van der Waals surface area (Å²) in [4.78, 5) is 0. The highest BCUT2D eigenvalue weighted by Crippen LogP contribution is 2.41. The summed E-state index contributed by atoms with van der Waals surface area (Å²) in [5.74, 6) is -1.47. The summed E-state index contributed by atoms with van der Waals surface area (Å²) in [7, 11) is 0. The van der Waals surface area contributed by atoms with Crippen molar-refractivity contribution in [3.63, 3.8) is 0 Å². The summed E-state index contributed by atoms with van der Waals surface area (Å²) in [6.07, 6.45) is -7.65. The Bertz CT molecular complexity index is 341. The summed E-state index contributed by atoms with van der Waals surface area (Å²) in [5.41, 5.74) is -2.24. The van der Waals surface area contributed by atoms with E-state index in [9.17, 15) is 26.3 Å². The molecule has 1 unspecified atom stereocenters. The Balaban J connectivity index is 3.08. The van der Waals surface area contributed by atoms with Gasteiger partial charge in [0, 0.05) is 17.1 Å². The first-order valence-electron chi connectivity index (χ1n) is 4.18. The Labute approximate surface area is 87.9 Å². The van der Waals surface area contributed by atoms with Gasteiger partial charge in [-0.25, -0.2) is 0 Å². The van der Waals surface area contributed by atoms with Crippen molar-refractivity contribution in [2.45, 2.75) is 18.8 Å². The summed E-state index contributed by atoms with van der Waals surface area (Å²) < 4.78 is 73.6. The summed E-state index contributed by atoms with van der Waals surface area (Å²) in [6, 6.07) is 0. The molecule has 0 amide bonds. The lowest BCUT2D eigenvalue weighted by atomic mass is 9.86. The van der Waals surface area contributed by atoms with Gasteiger partial charge in [-0.15, -0.1) is 0 Å². The van der Waals surface area contributed by atoms with Crippen molar-refractivity contribution in [1.29, 1.82) is 0 Å². The molecule has 0 aliphatic heterocycles. The molecule has 1 aliphatic rings. The summed E-state index contributed by atoms with van der Waals surface area (Å²) in [6.45, 7) is 4.92. The molecule has 1 atom stereocenters. The quantitative estimate of drug-likeness (QED) is 0.612. The number of allylic oxidation sites excluding steroid dienone is 5. The van der Waals surface area contributed by atoms with Crippen molar-refractivity contribution in [2.24, 2.45) is 5.92 Å². The van der Waals surface area contributed by atoms with Crippen LogP contribution in [0.2, 0.25) is 0 Å². The maximum atomic E-state index is 12.3. The van der Waals surface area contributed by atoms with Crippen LogP contribution in [-0.2, 0) is 0 Å². The Morgan fingerprint density at radius 1 is 1.19 bits per heavy atom. The van der Waals surface area contributed by atoms with Crippen LogP contribution in [0.5, 0.6) is 0 Å². The minimum atomic E-state index is -4.69. The van der Waals surface area contributed by atoms with Gasteiger partial charge in [-0.1, -0.05) is 12.7 Å². The van der Waals surface area contributed by atoms with Gasteiger partial charge in [0.1, 0.15) is 0 Å². The Morgan fingerprint density at radius 2 is 1.75 bits per heavy atom. The molecule has 0 N–H and O–H groups in total. The maximum absolute atomic E-state index is 12.3. The SMILES string of the molecule is [CH]=CC1CC(C(F)(F)F)=[C]C=C1C(F)(F)F. The molecule has 6 heteroatoms. The molecule has 1 aliphatic carbocycles. The van der Waals surface area contributed by atoms with Crippen LogP contribution >= 0.6 is 0 Å². The predicted molar refractivity (Wildman–Crippen MR) is 43.9 cm³/mol. The van der Waals surface area contributed by atoms with Gasteiger partial charge in [-0.2, -0.15) is 26.3 Å². The molecule has 0 aromatic carbocycles. The van der Waals surface area contributed by atoms with Crippen LogP contribution in [0, 0.1) is 18.6 Å². The second-order valence-corrected chi connectivity index (χ2v) is 3.22. The van der Waals surface area contributed by atoms with Crippen LogP contribution in [0.15, 0.2) is 23.3 Å². The number of hydrogen-bond donors (Lipinski definition) is 0. The van der Waals surface area contributed by atoms with Crippen molar-refractivity contribution < 1.29 is 26.3 Å². The maximum Gasteiger partial charge on any atom is 0.413 e. The Morgan fingerprint density at radius 3 is 2.12 bits per heavy atom. The van der Waals surface area contributed by atoms with E-state index in [1.807, 2.05) is 0 Å². The molecule has 0 heterocycles. The molecule has 0 fully saturated rings. The smallest absolute Gasteiger partial charge is 0.166 e. The van der Waals surface area contributed by atoms with E-state index >= 15 is 0 Å². The van der Waals surface area contributed by atoms with E-state index < -0.39 is 35.8 Å². The van der Waals surface area contributed by atoms with Gasteiger partial charge < -0.3 is 0 Å². The van der Waals surface area contributed by atoms with E-state index in [2.05, 4.69) is 0 Å². The zero-order valence-electron chi connectivity index (χ0n) is 7.78. The van der Waals surface area contributed by atoms with Crippen molar-refractivity contribution in [1.82, 2.24) is 0 Å². The van der Waals surface area contributed by atoms with Crippen molar-refractivity contribution in [2.75, 3.05) is 0 Å².